The fraction of sp³-hybridized carbons (Fsp3) is 0.500. The van der Waals surface area contributed by atoms with Gasteiger partial charge in [0, 0.05) is 42.5 Å². The Morgan fingerprint density at radius 2 is 2.42 bits per heavy atom. The Labute approximate surface area is 144 Å². The highest BCUT2D eigenvalue weighted by Crippen LogP contribution is 2.41. The van der Waals surface area contributed by atoms with Crippen molar-refractivity contribution in [3.05, 3.63) is 40.6 Å². The van der Waals surface area contributed by atoms with Gasteiger partial charge in [-0.25, -0.2) is 4.98 Å². The van der Waals surface area contributed by atoms with Gasteiger partial charge in [0.2, 0.25) is 0 Å². The first-order chi connectivity index (χ1) is 11.8. The van der Waals surface area contributed by atoms with E-state index in [9.17, 15) is 4.79 Å². The Morgan fingerprint density at radius 3 is 3.21 bits per heavy atom. The highest BCUT2D eigenvalue weighted by Gasteiger charge is 2.50. The fourth-order valence-corrected chi connectivity index (χ4v) is 4.28. The normalized spacial score (nSPS) is 26.4. The lowest BCUT2D eigenvalue weighted by Gasteiger charge is -2.27. The Balaban J connectivity index is 1.40. The molecule has 8 heteroatoms. The third-order valence-electron chi connectivity index (χ3n) is 4.88. The van der Waals surface area contributed by atoms with Crippen LogP contribution in [0.25, 0.3) is 0 Å². The second-order valence-electron chi connectivity index (χ2n) is 6.48. The summed E-state index contributed by atoms with van der Waals surface area (Å²) in [6.07, 6.45) is 4.86. The lowest BCUT2D eigenvalue weighted by atomic mass is 9.81. The molecule has 2 aromatic heterocycles. The van der Waals surface area contributed by atoms with E-state index in [1.165, 1.54) is 12.4 Å². The topological polar surface area (TPSA) is 80.2 Å². The third-order valence-corrected chi connectivity index (χ3v) is 5.65. The maximum absolute atomic E-state index is 12.3. The molecule has 24 heavy (non-hydrogen) atoms. The molecule has 2 atom stereocenters. The van der Waals surface area contributed by atoms with Gasteiger partial charge >= 0.3 is 0 Å². The SMILES string of the molecule is O=C(NC[C@@]12COC[C@@H]1CN(Cc1nccs1)C2)c1ccnnc1. The highest BCUT2D eigenvalue weighted by atomic mass is 32.1. The number of thiazole rings is 1. The predicted octanol–water partition coefficient (Wildman–Crippen LogP) is 0.811. The molecule has 0 aliphatic carbocycles. The molecule has 126 valence electrons. The Bertz CT molecular complexity index is 696. The van der Waals surface area contributed by atoms with Gasteiger partial charge in [0.25, 0.3) is 5.91 Å². The van der Waals surface area contributed by atoms with Crippen LogP contribution < -0.4 is 5.32 Å². The number of ether oxygens (including phenoxy) is 1. The molecule has 2 saturated heterocycles. The van der Waals surface area contributed by atoms with E-state index in [0.29, 0.717) is 24.6 Å². The minimum atomic E-state index is -0.108. The summed E-state index contributed by atoms with van der Waals surface area (Å²) < 4.78 is 5.72. The molecule has 0 radical (unpaired) electrons. The molecule has 2 aliphatic rings. The smallest absolute Gasteiger partial charge is 0.252 e. The standard InChI is InChI=1S/C16H19N5O2S/c22-15(12-1-2-19-20-5-12)18-9-16-10-21(6-13(16)8-23-11-16)7-14-17-3-4-24-14/h1-5,13H,6-11H2,(H,18,22)/t13-,16+/m0/s1. The van der Waals surface area contributed by atoms with Crippen LogP contribution >= 0.6 is 11.3 Å². The number of hydrogen-bond acceptors (Lipinski definition) is 7. The van der Waals surface area contributed by atoms with Crippen LogP contribution in [-0.4, -0.2) is 58.8 Å². The molecular formula is C16H19N5O2S. The fourth-order valence-electron chi connectivity index (χ4n) is 3.62. The van der Waals surface area contributed by atoms with E-state index < -0.39 is 0 Å². The lowest BCUT2D eigenvalue weighted by molar-refractivity contribution is 0.0903. The molecule has 2 fully saturated rings. The van der Waals surface area contributed by atoms with Crippen molar-refractivity contribution in [3.8, 4) is 0 Å². The van der Waals surface area contributed by atoms with Crippen molar-refractivity contribution in [2.24, 2.45) is 11.3 Å². The average molecular weight is 345 g/mol. The summed E-state index contributed by atoms with van der Waals surface area (Å²) in [6, 6.07) is 1.67. The summed E-state index contributed by atoms with van der Waals surface area (Å²) >= 11 is 1.69. The number of likely N-dealkylation sites (tertiary alicyclic amines) is 1. The van der Waals surface area contributed by atoms with Crippen LogP contribution in [0.15, 0.2) is 30.0 Å². The molecule has 4 rings (SSSR count). The molecule has 7 nitrogen and oxygen atoms in total. The number of hydrogen-bond donors (Lipinski definition) is 1. The zero-order valence-electron chi connectivity index (χ0n) is 13.2. The van der Waals surface area contributed by atoms with Crippen molar-refractivity contribution < 1.29 is 9.53 Å². The number of aromatic nitrogens is 3. The maximum atomic E-state index is 12.3. The summed E-state index contributed by atoms with van der Waals surface area (Å²) in [5, 5.41) is 13.7. The largest absolute Gasteiger partial charge is 0.380 e. The highest BCUT2D eigenvalue weighted by molar-refractivity contribution is 7.09. The van der Waals surface area contributed by atoms with E-state index in [1.807, 2.05) is 11.6 Å². The van der Waals surface area contributed by atoms with Crippen molar-refractivity contribution in [1.29, 1.82) is 0 Å². The molecule has 4 heterocycles. The molecule has 0 aromatic carbocycles. The number of carbonyl (C=O) groups is 1. The summed E-state index contributed by atoms with van der Waals surface area (Å²) in [6.45, 7) is 4.87. The zero-order valence-corrected chi connectivity index (χ0v) is 14.0. The average Bonchev–Trinajstić information content (AvgIpc) is 3.30. The van der Waals surface area contributed by atoms with Crippen LogP contribution in [0.2, 0.25) is 0 Å². The summed E-state index contributed by atoms with van der Waals surface area (Å²) in [4.78, 5) is 19.1. The minimum absolute atomic E-state index is 0.00657. The van der Waals surface area contributed by atoms with Gasteiger partial charge in [-0.05, 0) is 6.07 Å². The van der Waals surface area contributed by atoms with E-state index in [2.05, 4.69) is 25.4 Å². The number of fused-ring (bicyclic) bond motifs is 1. The first-order valence-electron chi connectivity index (χ1n) is 7.99. The van der Waals surface area contributed by atoms with E-state index in [0.717, 1.165) is 31.2 Å². The van der Waals surface area contributed by atoms with E-state index in [1.54, 1.807) is 17.4 Å². The van der Waals surface area contributed by atoms with Gasteiger partial charge in [0.1, 0.15) is 5.01 Å². The maximum Gasteiger partial charge on any atom is 0.252 e. The molecule has 1 N–H and O–H groups in total. The Hall–Kier alpha value is -1.90. The number of amides is 1. The first-order valence-corrected chi connectivity index (χ1v) is 8.86. The van der Waals surface area contributed by atoms with Crippen molar-refractivity contribution in [2.45, 2.75) is 6.54 Å². The van der Waals surface area contributed by atoms with Crippen LogP contribution in [-0.2, 0) is 11.3 Å². The van der Waals surface area contributed by atoms with Crippen LogP contribution in [0.3, 0.4) is 0 Å². The molecular weight excluding hydrogens is 326 g/mol. The van der Waals surface area contributed by atoms with Crippen LogP contribution in [0, 0.1) is 11.3 Å². The number of carbonyl (C=O) groups excluding carboxylic acids is 1. The van der Waals surface area contributed by atoms with Crippen molar-refractivity contribution in [3.63, 3.8) is 0 Å². The molecule has 2 aromatic rings. The summed E-state index contributed by atoms with van der Waals surface area (Å²) in [5.41, 5.74) is 0.530. The quantitative estimate of drug-likeness (QED) is 0.864. The van der Waals surface area contributed by atoms with Crippen molar-refractivity contribution in [2.75, 3.05) is 32.8 Å². The first kappa shape index (κ1) is 15.6. The molecule has 0 saturated carbocycles. The van der Waals surface area contributed by atoms with Crippen LogP contribution in [0.5, 0.6) is 0 Å². The second-order valence-corrected chi connectivity index (χ2v) is 7.46. The third kappa shape index (κ3) is 3.04. The van der Waals surface area contributed by atoms with E-state index in [-0.39, 0.29) is 11.3 Å². The summed E-state index contributed by atoms with van der Waals surface area (Å²) in [5.74, 6) is 0.344. The zero-order chi connectivity index (χ0) is 16.4. The van der Waals surface area contributed by atoms with Crippen molar-refractivity contribution in [1.82, 2.24) is 25.4 Å². The molecule has 0 unspecified atom stereocenters. The van der Waals surface area contributed by atoms with E-state index >= 15 is 0 Å². The van der Waals surface area contributed by atoms with Gasteiger partial charge < -0.3 is 10.1 Å². The Morgan fingerprint density at radius 1 is 1.46 bits per heavy atom. The van der Waals surface area contributed by atoms with Crippen LogP contribution in [0.4, 0.5) is 0 Å². The molecule has 2 aliphatic heterocycles. The molecule has 0 spiro atoms. The van der Waals surface area contributed by atoms with Gasteiger partial charge in [0.05, 0.1) is 37.7 Å². The molecule has 1 amide bonds. The van der Waals surface area contributed by atoms with Gasteiger partial charge in [-0.3, -0.25) is 9.69 Å². The van der Waals surface area contributed by atoms with Gasteiger partial charge in [-0.1, -0.05) is 0 Å². The van der Waals surface area contributed by atoms with Gasteiger partial charge in [-0.2, -0.15) is 10.2 Å². The number of nitrogens with zero attached hydrogens (tertiary/aromatic N) is 4. The Kier molecular flexibility index (Phi) is 4.26. The van der Waals surface area contributed by atoms with Gasteiger partial charge in [-0.15, -0.1) is 11.3 Å². The predicted molar refractivity (Wildman–Crippen MR) is 88.5 cm³/mol. The van der Waals surface area contributed by atoms with E-state index in [4.69, 9.17) is 4.74 Å². The monoisotopic (exact) mass is 345 g/mol. The summed E-state index contributed by atoms with van der Waals surface area (Å²) in [7, 11) is 0. The minimum Gasteiger partial charge on any atom is -0.380 e. The molecule has 0 bridgehead atoms. The van der Waals surface area contributed by atoms with Crippen molar-refractivity contribution >= 4 is 17.2 Å². The second kappa shape index (κ2) is 6.54. The number of rotatable bonds is 5. The number of nitrogens with one attached hydrogen (secondary N) is 1. The lowest BCUT2D eigenvalue weighted by Crippen LogP contribution is -2.43. The van der Waals surface area contributed by atoms with Crippen LogP contribution in [0.1, 0.15) is 15.4 Å². The van der Waals surface area contributed by atoms with Gasteiger partial charge in [0.15, 0.2) is 0 Å².